The molecule has 2 aliphatic rings. The molecule has 1 N–H and O–H groups in total. The van der Waals surface area contributed by atoms with Crippen LogP contribution in [0.5, 0.6) is 0 Å². The minimum absolute atomic E-state index is 0.270. The second-order valence-electron chi connectivity index (χ2n) is 7.59. The van der Waals surface area contributed by atoms with Gasteiger partial charge in [0.15, 0.2) is 0 Å². The topological polar surface area (TPSA) is 35.6 Å². The molecule has 0 aromatic heterocycles. The Hall–Kier alpha value is -2.17. The van der Waals surface area contributed by atoms with Gasteiger partial charge in [0.2, 0.25) is 5.91 Å². The first-order valence-electron chi connectivity index (χ1n) is 9.56. The fourth-order valence-corrected chi connectivity index (χ4v) is 4.20. The van der Waals surface area contributed by atoms with E-state index in [0.717, 1.165) is 39.3 Å². The van der Waals surface area contributed by atoms with Gasteiger partial charge < -0.3 is 10.2 Å². The third-order valence-corrected chi connectivity index (χ3v) is 5.60. The monoisotopic (exact) mass is 349 g/mol. The summed E-state index contributed by atoms with van der Waals surface area (Å²) in [5.41, 5.74) is 2.50. The van der Waals surface area contributed by atoms with Gasteiger partial charge in [0.25, 0.3) is 0 Å². The Kier molecular flexibility index (Phi) is 5.32. The van der Waals surface area contributed by atoms with Crippen molar-refractivity contribution in [2.75, 3.05) is 32.7 Å². The summed E-state index contributed by atoms with van der Waals surface area (Å²) in [6.07, 6.45) is 0. The van der Waals surface area contributed by atoms with E-state index in [9.17, 15) is 4.79 Å². The number of carbonyl (C=O) groups is 1. The van der Waals surface area contributed by atoms with Crippen molar-refractivity contribution in [3.8, 4) is 0 Å². The third kappa shape index (κ3) is 4.14. The number of rotatable bonds is 6. The van der Waals surface area contributed by atoms with Crippen molar-refractivity contribution in [2.45, 2.75) is 13.1 Å². The van der Waals surface area contributed by atoms with Crippen LogP contribution in [-0.2, 0) is 17.9 Å². The molecule has 2 aromatic carbocycles. The molecule has 0 radical (unpaired) electrons. The molecule has 2 saturated heterocycles. The molecule has 0 unspecified atom stereocenters. The molecule has 0 saturated carbocycles. The summed E-state index contributed by atoms with van der Waals surface area (Å²) < 4.78 is 0. The van der Waals surface area contributed by atoms with Gasteiger partial charge in [-0.25, -0.2) is 0 Å². The van der Waals surface area contributed by atoms with E-state index >= 15 is 0 Å². The number of benzene rings is 2. The van der Waals surface area contributed by atoms with Gasteiger partial charge in [-0.1, -0.05) is 60.7 Å². The standard InChI is InChI=1S/C22H27N3O/c26-22(25-15-20-11-23-12-21(20)16-25)17-24(13-18-7-3-1-4-8-18)14-19-9-5-2-6-10-19/h1-10,20-21,23H,11-17H2/t20-,21+. The molecule has 2 atom stereocenters. The van der Waals surface area contributed by atoms with Crippen molar-refractivity contribution in [1.82, 2.24) is 15.1 Å². The van der Waals surface area contributed by atoms with E-state index in [0.29, 0.717) is 18.4 Å². The smallest absolute Gasteiger partial charge is 0.236 e. The summed E-state index contributed by atoms with van der Waals surface area (Å²) in [6.45, 7) is 6.03. The number of fused-ring (bicyclic) bond motifs is 1. The zero-order chi connectivity index (χ0) is 17.8. The van der Waals surface area contributed by atoms with Crippen LogP contribution in [0.25, 0.3) is 0 Å². The van der Waals surface area contributed by atoms with Crippen LogP contribution in [0.1, 0.15) is 11.1 Å². The van der Waals surface area contributed by atoms with Gasteiger partial charge >= 0.3 is 0 Å². The first kappa shape index (κ1) is 17.3. The van der Waals surface area contributed by atoms with Crippen molar-refractivity contribution >= 4 is 5.91 Å². The highest BCUT2D eigenvalue weighted by molar-refractivity contribution is 5.78. The van der Waals surface area contributed by atoms with E-state index in [1.54, 1.807) is 0 Å². The van der Waals surface area contributed by atoms with Crippen molar-refractivity contribution in [3.63, 3.8) is 0 Å². The largest absolute Gasteiger partial charge is 0.341 e. The van der Waals surface area contributed by atoms with Gasteiger partial charge in [0.1, 0.15) is 0 Å². The molecule has 4 nitrogen and oxygen atoms in total. The Morgan fingerprint density at radius 1 is 0.885 bits per heavy atom. The molecule has 4 heteroatoms. The lowest BCUT2D eigenvalue weighted by Gasteiger charge is -2.25. The average Bonchev–Trinajstić information content (AvgIpc) is 3.25. The van der Waals surface area contributed by atoms with Gasteiger partial charge in [-0.2, -0.15) is 0 Å². The fraction of sp³-hybridized carbons (Fsp3) is 0.409. The predicted octanol–water partition coefficient (Wildman–Crippen LogP) is 2.37. The molecular formula is C22H27N3O. The molecular weight excluding hydrogens is 322 g/mol. The number of hydrogen-bond acceptors (Lipinski definition) is 3. The summed E-state index contributed by atoms with van der Waals surface area (Å²) >= 11 is 0. The normalized spacial score (nSPS) is 22.0. The predicted molar refractivity (Wildman–Crippen MR) is 103 cm³/mol. The zero-order valence-electron chi connectivity index (χ0n) is 15.2. The SMILES string of the molecule is O=C(CN(Cc1ccccc1)Cc1ccccc1)N1C[C@H]2CNC[C@H]2C1. The molecule has 0 bridgehead atoms. The molecule has 0 aliphatic carbocycles. The van der Waals surface area contributed by atoms with E-state index in [1.807, 2.05) is 12.1 Å². The van der Waals surface area contributed by atoms with Crippen LogP contribution in [-0.4, -0.2) is 48.4 Å². The van der Waals surface area contributed by atoms with Gasteiger partial charge in [-0.05, 0) is 23.0 Å². The molecule has 1 amide bonds. The van der Waals surface area contributed by atoms with Crippen LogP contribution in [0.2, 0.25) is 0 Å². The molecule has 136 valence electrons. The van der Waals surface area contributed by atoms with Gasteiger partial charge in [-0.3, -0.25) is 9.69 Å². The van der Waals surface area contributed by atoms with E-state index < -0.39 is 0 Å². The van der Waals surface area contributed by atoms with Crippen molar-refractivity contribution in [3.05, 3.63) is 71.8 Å². The fourth-order valence-electron chi connectivity index (χ4n) is 4.20. The number of nitrogens with zero attached hydrogens (tertiary/aromatic N) is 2. The van der Waals surface area contributed by atoms with E-state index in [1.165, 1.54) is 11.1 Å². The van der Waals surface area contributed by atoms with Crippen LogP contribution in [0.3, 0.4) is 0 Å². The average molecular weight is 349 g/mol. The number of likely N-dealkylation sites (tertiary alicyclic amines) is 1. The maximum atomic E-state index is 12.9. The van der Waals surface area contributed by atoms with Gasteiger partial charge in [0.05, 0.1) is 6.54 Å². The zero-order valence-corrected chi connectivity index (χ0v) is 15.2. The van der Waals surface area contributed by atoms with E-state index in [-0.39, 0.29) is 5.91 Å². The van der Waals surface area contributed by atoms with Crippen LogP contribution >= 0.6 is 0 Å². The van der Waals surface area contributed by atoms with Gasteiger partial charge in [-0.15, -0.1) is 0 Å². The Morgan fingerprint density at radius 2 is 1.38 bits per heavy atom. The molecule has 2 aliphatic heterocycles. The lowest BCUT2D eigenvalue weighted by atomic mass is 10.0. The van der Waals surface area contributed by atoms with E-state index in [4.69, 9.17) is 0 Å². The number of hydrogen-bond donors (Lipinski definition) is 1. The lowest BCUT2D eigenvalue weighted by molar-refractivity contribution is -0.132. The highest BCUT2D eigenvalue weighted by Crippen LogP contribution is 2.26. The lowest BCUT2D eigenvalue weighted by Crippen LogP contribution is -2.40. The number of carbonyl (C=O) groups excluding carboxylic acids is 1. The second-order valence-corrected chi connectivity index (χ2v) is 7.59. The summed E-state index contributed by atoms with van der Waals surface area (Å²) in [5.74, 6) is 1.57. The Morgan fingerprint density at radius 3 is 1.88 bits per heavy atom. The molecule has 0 spiro atoms. The first-order valence-corrected chi connectivity index (χ1v) is 9.56. The van der Waals surface area contributed by atoms with Crippen LogP contribution in [0.15, 0.2) is 60.7 Å². The van der Waals surface area contributed by atoms with Crippen LogP contribution in [0, 0.1) is 11.8 Å². The Bertz CT molecular complexity index is 665. The summed E-state index contributed by atoms with van der Waals surface area (Å²) in [7, 11) is 0. The summed E-state index contributed by atoms with van der Waals surface area (Å²) in [6, 6.07) is 20.9. The quantitative estimate of drug-likeness (QED) is 0.870. The number of nitrogens with one attached hydrogen (secondary N) is 1. The molecule has 2 heterocycles. The van der Waals surface area contributed by atoms with E-state index in [2.05, 4.69) is 63.6 Å². The molecule has 2 fully saturated rings. The maximum Gasteiger partial charge on any atom is 0.236 e. The minimum atomic E-state index is 0.270. The van der Waals surface area contributed by atoms with Crippen LogP contribution in [0.4, 0.5) is 0 Å². The maximum absolute atomic E-state index is 12.9. The third-order valence-electron chi connectivity index (χ3n) is 5.60. The molecule has 4 rings (SSSR count). The first-order chi connectivity index (χ1) is 12.8. The molecule has 2 aromatic rings. The Balaban J connectivity index is 1.42. The van der Waals surface area contributed by atoms with Crippen molar-refractivity contribution in [1.29, 1.82) is 0 Å². The minimum Gasteiger partial charge on any atom is -0.341 e. The highest BCUT2D eigenvalue weighted by Gasteiger charge is 2.38. The number of amides is 1. The van der Waals surface area contributed by atoms with Gasteiger partial charge in [0, 0.05) is 39.3 Å². The van der Waals surface area contributed by atoms with Crippen molar-refractivity contribution in [2.24, 2.45) is 11.8 Å². The summed E-state index contributed by atoms with van der Waals surface area (Å²) in [5, 5.41) is 3.44. The molecule has 26 heavy (non-hydrogen) atoms. The second kappa shape index (κ2) is 8.02. The van der Waals surface area contributed by atoms with Crippen molar-refractivity contribution < 1.29 is 4.79 Å². The Labute approximate surface area is 155 Å². The highest BCUT2D eigenvalue weighted by atomic mass is 16.2. The summed E-state index contributed by atoms with van der Waals surface area (Å²) in [4.78, 5) is 17.3. The van der Waals surface area contributed by atoms with Crippen LogP contribution < -0.4 is 5.32 Å².